The SMILES string of the molecule is CCc1cnc(N2[C@H]3CC[C@H]2CC(OC2CCC(Oc4cnc(S(C)(=O)=O)cn4)CC2)C3)nc1. The van der Waals surface area contributed by atoms with Gasteiger partial charge in [0.15, 0.2) is 14.9 Å². The average Bonchev–Trinajstić information content (AvgIpc) is 3.10. The van der Waals surface area contributed by atoms with Gasteiger partial charge >= 0.3 is 0 Å². The quantitative estimate of drug-likeness (QED) is 0.582. The van der Waals surface area contributed by atoms with E-state index in [-0.39, 0.29) is 17.2 Å². The third-order valence-corrected chi connectivity index (χ3v) is 8.27. The molecule has 2 aliphatic heterocycles. The Kier molecular flexibility index (Phi) is 6.70. The lowest BCUT2D eigenvalue weighted by Crippen LogP contribution is -2.47. The van der Waals surface area contributed by atoms with Crippen LogP contribution < -0.4 is 9.64 Å². The molecule has 4 heterocycles. The van der Waals surface area contributed by atoms with Crippen LogP contribution >= 0.6 is 0 Å². The number of hydrogen-bond donors (Lipinski definition) is 0. The van der Waals surface area contributed by atoms with Crippen molar-refractivity contribution in [3.8, 4) is 5.88 Å². The summed E-state index contributed by atoms with van der Waals surface area (Å²) >= 11 is 0. The standard InChI is InChI=1S/C24H33N5O4S/c1-3-16-12-27-24(28-13-16)29-17-4-5-18(29)11-21(10-17)32-19-6-8-20(9-7-19)33-22-14-26-23(15-25-22)34(2,30)31/h12-15,17-21H,3-11H2,1-2H3/t17-,18-,19?,20?/m0/s1. The first-order valence-corrected chi connectivity index (χ1v) is 14.2. The molecule has 0 aromatic carbocycles. The predicted molar refractivity (Wildman–Crippen MR) is 127 cm³/mol. The molecule has 0 amide bonds. The molecule has 0 radical (unpaired) electrons. The minimum absolute atomic E-state index is 0.0403. The lowest BCUT2D eigenvalue weighted by molar-refractivity contribution is -0.0587. The average molecular weight is 488 g/mol. The van der Waals surface area contributed by atoms with Gasteiger partial charge in [-0.15, -0.1) is 0 Å². The smallest absolute Gasteiger partial charge is 0.232 e. The molecule has 3 fully saturated rings. The van der Waals surface area contributed by atoms with Crippen molar-refractivity contribution >= 4 is 15.8 Å². The van der Waals surface area contributed by atoms with E-state index in [0.717, 1.165) is 57.1 Å². The van der Waals surface area contributed by atoms with E-state index in [1.807, 2.05) is 12.4 Å². The Morgan fingerprint density at radius 1 is 0.853 bits per heavy atom. The van der Waals surface area contributed by atoms with Gasteiger partial charge in [-0.05, 0) is 63.4 Å². The molecule has 2 atom stereocenters. The van der Waals surface area contributed by atoms with E-state index in [0.29, 0.717) is 24.1 Å². The van der Waals surface area contributed by atoms with Crippen molar-refractivity contribution in [2.24, 2.45) is 0 Å². The van der Waals surface area contributed by atoms with Crippen LogP contribution in [0.2, 0.25) is 0 Å². The van der Waals surface area contributed by atoms with E-state index >= 15 is 0 Å². The summed E-state index contributed by atoms with van der Waals surface area (Å²) in [7, 11) is -3.36. The summed E-state index contributed by atoms with van der Waals surface area (Å²) in [5, 5.41) is -0.0403. The molecule has 34 heavy (non-hydrogen) atoms. The zero-order chi connectivity index (χ0) is 23.7. The van der Waals surface area contributed by atoms with Gasteiger partial charge < -0.3 is 14.4 Å². The summed E-state index contributed by atoms with van der Waals surface area (Å²) in [6.07, 6.45) is 17.4. The maximum Gasteiger partial charge on any atom is 0.232 e. The minimum Gasteiger partial charge on any atom is -0.473 e. The van der Waals surface area contributed by atoms with E-state index < -0.39 is 9.84 Å². The van der Waals surface area contributed by atoms with Gasteiger partial charge in [-0.25, -0.2) is 28.4 Å². The summed E-state index contributed by atoms with van der Waals surface area (Å²) in [5.41, 5.74) is 1.17. The highest BCUT2D eigenvalue weighted by Gasteiger charge is 2.43. The number of fused-ring (bicyclic) bond motifs is 2. The van der Waals surface area contributed by atoms with E-state index in [4.69, 9.17) is 9.47 Å². The molecule has 2 aromatic rings. The molecule has 0 spiro atoms. The van der Waals surface area contributed by atoms with E-state index in [2.05, 4.69) is 31.8 Å². The molecule has 2 saturated heterocycles. The summed E-state index contributed by atoms with van der Waals surface area (Å²) < 4.78 is 35.6. The molecule has 2 aromatic heterocycles. The van der Waals surface area contributed by atoms with Crippen molar-refractivity contribution in [1.82, 2.24) is 19.9 Å². The number of nitrogens with zero attached hydrogens (tertiary/aromatic N) is 5. The Labute approximate surface area is 201 Å². The largest absolute Gasteiger partial charge is 0.473 e. The number of aryl methyl sites for hydroxylation is 1. The summed E-state index contributed by atoms with van der Waals surface area (Å²) in [5.74, 6) is 1.24. The van der Waals surface area contributed by atoms with E-state index in [9.17, 15) is 8.42 Å². The van der Waals surface area contributed by atoms with Crippen molar-refractivity contribution in [3.63, 3.8) is 0 Å². The second-order valence-electron chi connectivity index (χ2n) is 9.75. The minimum atomic E-state index is -3.36. The van der Waals surface area contributed by atoms with Crippen LogP contribution in [-0.4, -0.2) is 65.0 Å². The first-order chi connectivity index (χ1) is 16.4. The second-order valence-corrected chi connectivity index (χ2v) is 11.7. The maximum absolute atomic E-state index is 11.5. The molecular weight excluding hydrogens is 454 g/mol. The Hall–Kier alpha value is -2.33. The molecular formula is C24H33N5O4S. The molecule has 184 valence electrons. The Balaban J connectivity index is 1.10. The van der Waals surface area contributed by atoms with Gasteiger partial charge in [0.05, 0.1) is 24.6 Å². The van der Waals surface area contributed by atoms with Gasteiger partial charge in [-0.3, -0.25) is 0 Å². The van der Waals surface area contributed by atoms with Crippen LogP contribution in [0.1, 0.15) is 63.9 Å². The van der Waals surface area contributed by atoms with Crippen LogP contribution in [0.3, 0.4) is 0 Å². The monoisotopic (exact) mass is 487 g/mol. The zero-order valence-electron chi connectivity index (χ0n) is 19.8. The van der Waals surface area contributed by atoms with Crippen molar-refractivity contribution < 1.29 is 17.9 Å². The topological polar surface area (TPSA) is 107 Å². The van der Waals surface area contributed by atoms with E-state index in [1.165, 1.54) is 30.8 Å². The lowest BCUT2D eigenvalue weighted by Gasteiger charge is -2.40. The van der Waals surface area contributed by atoms with Crippen LogP contribution in [0.5, 0.6) is 5.88 Å². The molecule has 5 rings (SSSR count). The normalized spacial score (nSPS) is 29.2. The van der Waals surface area contributed by atoms with Crippen LogP contribution in [-0.2, 0) is 21.0 Å². The molecule has 10 heteroatoms. The number of rotatable bonds is 7. The van der Waals surface area contributed by atoms with Gasteiger partial charge in [0, 0.05) is 30.7 Å². The first kappa shape index (κ1) is 23.4. The van der Waals surface area contributed by atoms with Gasteiger partial charge in [0.25, 0.3) is 0 Å². The van der Waals surface area contributed by atoms with Crippen molar-refractivity contribution in [3.05, 3.63) is 30.4 Å². The van der Waals surface area contributed by atoms with Crippen LogP contribution in [0.15, 0.2) is 29.8 Å². The van der Waals surface area contributed by atoms with Crippen LogP contribution in [0, 0.1) is 0 Å². The molecule has 9 nitrogen and oxygen atoms in total. The number of anilines is 1. The number of aromatic nitrogens is 4. The summed E-state index contributed by atoms with van der Waals surface area (Å²) in [6, 6.07) is 0.925. The Morgan fingerprint density at radius 3 is 2.06 bits per heavy atom. The molecule has 1 saturated carbocycles. The Bertz CT molecular complexity index is 1060. The van der Waals surface area contributed by atoms with Gasteiger partial charge in [0.1, 0.15) is 6.10 Å². The predicted octanol–water partition coefficient (Wildman–Crippen LogP) is 3.14. The van der Waals surface area contributed by atoms with Crippen LogP contribution in [0.25, 0.3) is 0 Å². The second kappa shape index (κ2) is 9.73. The van der Waals surface area contributed by atoms with E-state index in [1.54, 1.807) is 0 Å². The number of sulfone groups is 1. The number of piperidine rings is 1. The fraction of sp³-hybridized carbons (Fsp3) is 0.667. The highest BCUT2D eigenvalue weighted by molar-refractivity contribution is 7.90. The first-order valence-electron chi connectivity index (χ1n) is 12.3. The van der Waals surface area contributed by atoms with Gasteiger partial charge in [0.2, 0.25) is 11.8 Å². The van der Waals surface area contributed by atoms with Crippen LogP contribution in [0.4, 0.5) is 5.95 Å². The van der Waals surface area contributed by atoms with Gasteiger partial charge in [-0.2, -0.15) is 0 Å². The van der Waals surface area contributed by atoms with Crippen molar-refractivity contribution in [2.45, 2.75) is 100 Å². The molecule has 0 N–H and O–H groups in total. The maximum atomic E-state index is 11.5. The van der Waals surface area contributed by atoms with Crippen molar-refractivity contribution in [2.75, 3.05) is 11.2 Å². The third kappa shape index (κ3) is 5.17. The highest BCUT2D eigenvalue weighted by atomic mass is 32.2. The van der Waals surface area contributed by atoms with Crippen molar-refractivity contribution in [1.29, 1.82) is 0 Å². The summed E-state index contributed by atoms with van der Waals surface area (Å²) in [4.78, 5) is 19.8. The fourth-order valence-electron chi connectivity index (χ4n) is 5.51. The molecule has 0 unspecified atom stereocenters. The number of ether oxygens (including phenoxy) is 2. The highest BCUT2D eigenvalue weighted by Crippen LogP contribution is 2.40. The summed E-state index contributed by atoms with van der Waals surface area (Å²) in [6.45, 7) is 2.12. The molecule has 3 aliphatic rings. The van der Waals surface area contributed by atoms with Gasteiger partial charge in [-0.1, -0.05) is 6.92 Å². The fourth-order valence-corrected chi connectivity index (χ4v) is 6.00. The number of hydrogen-bond acceptors (Lipinski definition) is 9. The third-order valence-electron chi connectivity index (χ3n) is 7.30. The molecule has 2 bridgehead atoms. The zero-order valence-corrected chi connectivity index (χ0v) is 20.7. The lowest BCUT2D eigenvalue weighted by atomic mass is 9.93. The Morgan fingerprint density at radius 2 is 1.50 bits per heavy atom. The molecule has 1 aliphatic carbocycles.